The fourth-order valence-corrected chi connectivity index (χ4v) is 3.12. The smallest absolute Gasteiger partial charge is 0.124 e. The molecular formula is C18H23N3O2. The van der Waals surface area contributed by atoms with Crippen molar-refractivity contribution in [2.75, 3.05) is 40.4 Å². The molecule has 1 aliphatic heterocycles. The van der Waals surface area contributed by atoms with Gasteiger partial charge < -0.3 is 14.8 Å². The van der Waals surface area contributed by atoms with Crippen molar-refractivity contribution in [1.82, 2.24) is 15.2 Å². The van der Waals surface area contributed by atoms with Gasteiger partial charge in [-0.2, -0.15) is 0 Å². The zero-order valence-corrected chi connectivity index (χ0v) is 13.7. The summed E-state index contributed by atoms with van der Waals surface area (Å²) in [4.78, 5) is 6.77. The number of pyridine rings is 1. The average Bonchev–Trinajstić information content (AvgIpc) is 2.63. The van der Waals surface area contributed by atoms with Crippen LogP contribution in [0, 0.1) is 0 Å². The van der Waals surface area contributed by atoms with E-state index >= 15 is 0 Å². The summed E-state index contributed by atoms with van der Waals surface area (Å²) in [6.07, 6.45) is 3.74. The molecule has 0 saturated carbocycles. The normalized spacial score (nSPS) is 16.8. The van der Waals surface area contributed by atoms with Gasteiger partial charge in [0, 0.05) is 44.1 Å². The average molecular weight is 313 g/mol. The summed E-state index contributed by atoms with van der Waals surface area (Å²) < 4.78 is 11.0. The van der Waals surface area contributed by atoms with E-state index in [1.54, 1.807) is 20.4 Å². The summed E-state index contributed by atoms with van der Waals surface area (Å²) in [5.74, 6) is 1.71. The molecule has 1 fully saturated rings. The Balaban J connectivity index is 2.07. The van der Waals surface area contributed by atoms with Gasteiger partial charge in [-0.3, -0.25) is 9.88 Å². The van der Waals surface area contributed by atoms with Crippen LogP contribution in [0.1, 0.15) is 17.2 Å². The first-order valence-electron chi connectivity index (χ1n) is 7.90. The topological polar surface area (TPSA) is 46.6 Å². The number of aromatic nitrogens is 1. The van der Waals surface area contributed by atoms with Crippen molar-refractivity contribution in [1.29, 1.82) is 0 Å². The molecule has 1 aromatic heterocycles. The van der Waals surface area contributed by atoms with Crippen LogP contribution in [0.15, 0.2) is 42.7 Å². The second kappa shape index (κ2) is 7.44. The molecule has 1 N–H and O–H groups in total. The summed E-state index contributed by atoms with van der Waals surface area (Å²) >= 11 is 0. The minimum absolute atomic E-state index is 0.107. The minimum Gasteiger partial charge on any atom is -0.497 e. The van der Waals surface area contributed by atoms with Crippen LogP contribution in [-0.4, -0.2) is 50.3 Å². The quantitative estimate of drug-likeness (QED) is 0.916. The van der Waals surface area contributed by atoms with E-state index < -0.39 is 0 Å². The molecule has 5 nitrogen and oxygen atoms in total. The fraction of sp³-hybridized carbons (Fsp3) is 0.389. The molecule has 122 valence electrons. The lowest BCUT2D eigenvalue weighted by Crippen LogP contribution is -2.45. The Morgan fingerprint density at radius 2 is 1.96 bits per heavy atom. The van der Waals surface area contributed by atoms with Crippen LogP contribution in [-0.2, 0) is 0 Å². The number of hydrogen-bond donors (Lipinski definition) is 1. The van der Waals surface area contributed by atoms with Crippen molar-refractivity contribution in [3.63, 3.8) is 0 Å². The maximum Gasteiger partial charge on any atom is 0.124 e. The molecule has 23 heavy (non-hydrogen) atoms. The first-order valence-corrected chi connectivity index (χ1v) is 7.90. The zero-order chi connectivity index (χ0) is 16.1. The van der Waals surface area contributed by atoms with E-state index in [2.05, 4.69) is 27.3 Å². The molecule has 0 spiro atoms. The lowest BCUT2D eigenvalue weighted by molar-refractivity contribution is 0.195. The third-order valence-corrected chi connectivity index (χ3v) is 4.25. The summed E-state index contributed by atoms with van der Waals surface area (Å²) in [6, 6.07) is 10.2. The number of hydrogen-bond acceptors (Lipinski definition) is 5. The Bertz CT molecular complexity index is 627. The van der Waals surface area contributed by atoms with Crippen molar-refractivity contribution in [3.05, 3.63) is 53.9 Å². The van der Waals surface area contributed by atoms with Gasteiger partial charge in [-0.15, -0.1) is 0 Å². The van der Waals surface area contributed by atoms with E-state index in [0.29, 0.717) is 0 Å². The number of methoxy groups -OCH3 is 2. The van der Waals surface area contributed by atoms with Crippen molar-refractivity contribution in [3.8, 4) is 11.5 Å². The molecule has 0 amide bonds. The van der Waals surface area contributed by atoms with Gasteiger partial charge in [0.15, 0.2) is 0 Å². The van der Waals surface area contributed by atoms with Gasteiger partial charge in [-0.05, 0) is 29.8 Å². The standard InChI is InChI=1S/C18H23N3O2/c1-22-15-5-6-17(23-2)16(12-15)18(14-4-3-7-20-13-14)21-10-8-19-9-11-21/h3-7,12-13,18-19H,8-11H2,1-2H3. The van der Waals surface area contributed by atoms with Gasteiger partial charge in [-0.1, -0.05) is 6.07 Å². The van der Waals surface area contributed by atoms with Crippen LogP contribution in [0.5, 0.6) is 11.5 Å². The molecule has 2 heterocycles. The maximum absolute atomic E-state index is 5.62. The van der Waals surface area contributed by atoms with E-state index in [4.69, 9.17) is 9.47 Å². The van der Waals surface area contributed by atoms with Crippen LogP contribution in [0.4, 0.5) is 0 Å². The minimum atomic E-state index is 0.107. The van der Waals surface area contributed by atoms with Gasteiger partial charge in [-0.25, -0.2) is 0 Å². The molecule has 1 atom stereocenters. The number of piperazine rings is 1. The summed E-state index contributed by atoms with van der Waals surface area (Å²) in [6.45, 7) is 3.95. The molecule has 2 aromatic rings. The molecule has 5 heteroatoms. The van der Waals surface area contributed by atoms with Crippen LogP contribution in [0.2, 0.25) is 0 Å². The second-order valence-electron chi connectivity index (χ2n) is 5.58. The Morgan fingerprint density at radius 3 is 2.61 bits per heavy atom. The number of benzene rings is 1. The van der Waals surface area contributed by atoms with Crippen LogP contribution in [0.3, 0.4) is 0 Å². The van der Waals surface area contributed by atoms with Gasteiger partial charge >= 0.3 is 0 Å². The first-order chi connectivity index (χ1) is 11.3. The zero-order valence-electron chi connectivity index (χ0n) is 13.7. The Labute approximate surface area is 137 Å². The largest absolute Gasteiger partial charge is 0.497 e. The molecule has 3 rings (SSSR count). The number of nitrogens with one attached hydrogen (secondary N) is 1. The predicted octanol–water partition coefficient (Wildman–Crippen LogP) is 2.09. The SMILES string of the molecule is COc1ccc(OC)c(C(c2cccnc2)N2CCNCC2)c1. The van der Waals surface area contributed by atoms with E-state index in [0.717, 1.165) is 43.2 Å². The maximum atomic E-state index is 5.62. The number of rotatable bonds is 5. The monoisotopic (exact) mass is 313 g/mol. The molecule has 0 aliphatic carbocycles. The highest BCUT2D eigenvalue weighted by molar-refractivity contribution is 5.46. The van der Waals surface area contributed by atoms with Crippen molar-refractivity contribution >= 4 is 0 Å². The molecule has 0 radical (unpaired) electrons. The molecule has 0 bridgehead atoms. The first kappa shape index (κ1) is 15.8. The van der Waals surface area contributed by atoms with Crippen LogP contribution in [0.25, 0.3) is 0 Å². The van der Waals surface area contributed by atoms with Crippen molar-refractivity contribution < 1.29 is 9.47 Å². The Morgan fingerprint density at radius 1 is 1.13 bits per heavy atom. The van der Waals surface area contributed by atoms with Gasteiger partial charge in [0.25, 0.3) is 0 Å². The summed E-state index contributed by atoms with van der Waals surface area (Å²) in [5, 5.41) is 3.41. The summed E-state index contributed by atoms with van der Waals surface area (Å²) in [7, 11) is 3.40. The highest BCUT2D eigenvalue weighted by Crippen LogP contribution is 2.36. The van der Waals surface area contributed by atoms with Gasteiger partial charge in [0.05, 0.1) is 20.3 Å². The number of nitrogens with zero attached hydrogens (tertiary/aromatic N) is 2. The third-order valence-electron chi connectivity index (χ3n) is 4.25. The van der Waals surface area contributed by atoms with Crippen molar-refractivity contribution in [2.45, 2.75) is 6.04 Å². The van der Waals surface area contributed by atoms with Crippen LogP contribution >= 0.6 is 0 Å². The van der Waals surface area contributed by atoms with E-state index in [9.17, 15) is 0 Å². The van der Waals surface area contributed by atoms with Crippen molar-refractivity contribution in [2.24, 2.45) is 0 Å². The number of ether oxygens (including phenoxy) is 2. The van der Waals surface area contributed by atoms with E-state index in [1.807, 2.05) is 24.4 Å². The second-order valence-corrected chi connectivity index (χ2v) is 5.58. The Kier molecular flexibility index (Phi) is 5.10. The lowest BCUT2D eigenvalue weighted by Gasteiger charge is -2.36. The highest BCUT2D eigenvalue weighted by atomic mass is 16.5. The predicted molar refractivity (Wildman–Crippen MR) is 90.1 cm³/mol. The van der Waals surface area contributed by atoms with Gasteiger partial charge in [0.1, 0.15) is 11.5 Å². The fourth-order valence-electron chi connectivity index (χ4n) is 3.12. The molecule has 1 aromatic carbocycles. The van der Waals surface area contributed by atoms with E-state index in [1.165, 1.54) is 5.56 Å². The molecule has 1 unspecified atom stereocenters. The van der Waals surface area contributed by atoms with Gasteiger partial charge in [0.2, 0.25) is 0 Å². The van der Waals surface area contributed by atoms with Crippen LogP contribution < -0.4 is 14.8 Å². The molecule has 1 aliphatic rings. The summed E-state index contributed by atoms with van der Waals surface area (Å²) in [5.41, 5.74) is 2.28. The third kappa shape index (κ3) is 3.46. The van der Waals surface area contributed by atoms with E-state index in [-0.39, 0.29) is 6.04 Å². The molecular weight excluding hydrogens is 290 g/mol. The Hall–Kier alpha value is -2.11. The lowest BCUT2D eigenvalue weighted by atomic mass is 9.96. The molecule has 1 saturated heterocycles. The highest BCUT2D eigenvalue weighted by Gasteiger charge is 2.27.